The maximum Gasteiger partial charge on any atom is 0.335 e. The van der Waals surface area contributed by atoms with Crippen molar-refractivity contribution in [3.8, 4) is 0 Å². The Morgan fingerprint density at radius 1 is 1.52 bits per heavy atom. The molecule has 1 fully saturated rings. The fourth-order valence-corrected chi connectivity index (χ4v) is 2.71. The molecule has 0 amide bonds. The monoisotopic (exact) mass is 294 g/mol. The van der Waals surface area contributed by atoms with Crippen molar-refractivity contribution in [2.24, 2.45) is 0 Å². The van der Waals surface area contributed by atoms with Crippen molar-refractivity contribution in [3.63, 3.8) is 0 Å². The summed E-state index contributed by atoms with van der Waals surface area (Å²) >= 11 is 0. The number of ether oxygens (including phenoxy) is 1. The normalized spacial score (nSPS) is 21.1. The van der Waals surface area contributed by atoms with Gasteiger partial charge in [-0.25, -0.2) is 4.79 Å². The van der Waals surface area contributed by atoms with E-state index in [4.69, 9.17) is 9.84 Å². The zero-order chi connectivity index (χ0) is 15.8. The van der Waals surface area contributed by atoms with E-state index in [9.17, 15) is 14.9 Å². The predicted molar refractivity (Wildman–Crippen MR) is 76.9 cm³/mol. The minimum absolute atomic E-state index is 0.0625. The van der Waals surface area contributed by atoms with E-state index >= 15 is 0 Å². The van der Waals surface area contributed by atoms with E-state index in [0.29, 0.717) is 18.8 Å². The Hall–Kier alpha value is -2.15. The van der Waals surface area contributed by atoms with Gasteiger partial charge in [0, 0.05) is 19.2 Å². The molecule has 2 rings (SSSR count). The number of hydrogen-bond acceptors (Lipinski definition) is 5. The van der Waals surface area contributed by atoms with E-state index in [1.165, 1.54) is 12.1 Å². The average Bonchev–Trinajstić information content (AvgIpc) is 2.35. The second kappa shape index (κ2) is 5.33. The molecule has 1 atom stereocenters. The number of anilines is 1. The van der Waals surface area contributed by atoms with Crippen LogP contribution >= 0.6 is 0 Å². The molecule has 7 heteroatoms. The van der Waals surface area contributed by atoms with E-state index in [2.05, 4.69) is 0 Å². The van der Waals surface area contributed by atoms with Crippen molar-refractivity contribution in [3.05, 3.63) is 33.9 Å². The molecule has 1 aliphatic rings. The zero-order valence-corrected chi connectivity index (χ0v) is 12.2. The SMILES string of the molecule is CC1CN(c2ccc(C(=O)O)cc2[N+](=O)[O-])CC(C)(C)O1. The molecule has 21 heavy (non-hydrogen) atoms. The molecule has 1 saturated heterocycles. The van der Waals surface area contributed by atoms with Gasteiger partial charge in [-0.15, -0.1) is 0 Å². The topological polar surface area (TPSA) is 92.9 Å². The van der Waals surface area contributed by atoms with Crippen LogP contribution in [-0.4, -0.2) is 40.8 Å². The Labute approximate surface area is 122 Å². The van der Waals surface area contributed by atoms with Crippen LogP contribution in [0.4, 0.5) is 11.4 Å². The van der Waals surface area contributed by atoms with Crippen molar-refractivity contribution in [2.75, 3.05) is 18.0 Å². The second-order valence-corrected chi connectivity index (χ2v) is 5.83. The summed E-state index contributed by atoms with van der Waals surface area (Å²) in [5.74, 6) is -1.18. The molecule has 1 aromatic rings. The number of carbonyl (C=O) groups is 1. The van der Waals surface area contributed by atoms with Crippen molar-refractivity contribution >= 4 is 17.3 Å². The summed E-state index contributed by atoms with van der Waals surface area (Å²) in [7, 11) is 0. The molecule has 0 bridgehead atoms. The summed E-state index contributed by atoms with van der Waals surface area (Å²) in [6.07, 6.45) is -0.0625. The smallest absolute Gasteiger partial charge is 0.335 e. The maximum atomic E-state index is 11.2. The Kier molecular flexibility index (Phi) is 3.87. The van der Waals surface area contributed by atoms with Gasteiger partial charge in [-0.2, -0.15) is 0 Å². The van der Waals surface area contributed by atoms with Crippen LogP contribution in [0.15, 0.2) is 18.2 Å². The van der Waals surface area contributed by atoms with Crippen LogP contribution in [0.25, 0.3) is 0 Å². The van der Waals surface area contributed by atoms with Gasteiger partial charge in [0.15, 0.2) is 0 Å². The van der Waals surface area contributed by atoms with Crippen LogP contribution < -0.4 is 4.90 Å². The lowest BCUT2D eigenvalue weighted by Crippen LogP contribution is -2.52. The number of carboxylic acids is 1. The van der Waals surface area contributed by atoms with Gasteiger partial charge < -0.3 is 14.7 Å². The third-order valence-corrected chi connectivity index (χ3v) is 3.33. The van der Waals surface area contributed by atoms with Crippen molar-refractivity contribution in [1.82, 2.24) is 0 Å². The van der Waals surface area contributed by atoms with E-state index in [1.807, 2.05) is 25.7 Å². The molecule has 7 nitrogen and oxygen atoms in total. The van der Waals surface area contributed by atoms with E-state index in [-0.39, 0.29) is 17.4 Å². The molecule has 114 valence electrons. The minimum Gasteiger partial charge on any atom is -0.478 e. The standard InChI is InChI=1S/C14H18N2O5/c1-9-7-15(8-14(2,3)21-9)11-5-4-10(13(17)18)6-12(11)16(19)20/h4-6,9H,7-8H2,1-3H3,(H,17,18). The van der Waals surface area contributed by atoms with Gasteiger partial charge in [0.1, 0.15) is 5.69 Å². The molecule has 1 heterocycles. The largest absolute Gasteiger partial charge is 0.478 e. The first-order valence-electron chi connectivity index (χ1n) is 6.64. The Morgan fingerprint density at radius 2 is 2.19 bits per heavy atom. The zero-order valence-electron chi connectivity index (χ0n) is 12.2. The molecule has 0 spiro atoms. The summed E-state index contributed by atoms with van der Waals surface area (Å²) < 4.78 is 5.78. The number of nitro benzene ring substituents is 1. The van der Waals surface area contributed by atoms with Crippen molar-refractivity contribution in [1.29, 1.82) is 0 Å². The molecule has 0 aromatic heterocycles. The summed E-state index contributed by atoms with van der Waals surface area (Å²) in [6.45, 7) is 6.78. The van der Waals surface area contributed by atoms with Gasteiger partial charge in [0.2, 0.25) is 0 Å². The highest BCUT2D eigenvalue weighted by atomic mass is 16.6. The maximum absolute atomic E-state index is 11.2. The highest BCUT2D eigenvalue weighted by molar-refractivity contribution is 5.89. The van der Waals surface area contributed by atoms with Crippen molar-refractivity contribution in [2.45, 2.75) is 32.5 Å². The summed E-state index contributed by atoms with van der Waals surface area (Å²) in [6, 6.07) is 3.98. The third kappa shape index (κ3) is 3.30. The van der Waals surface area contributed by atoms with E-state index in [0.717, 1.165) is 6.07 Å². The summed E-state index contributed by atoms with van der Waals surface area (Å²) in [5, 5.41) is 20.2. The molecule has 1 aliphatic heterocycles. The lowest BCUT2D eigenvalue weighted by Gasteiger charge is -2.42. The van der Waals surface area contributed by atoms with Gasteiger partial charge >= 0.3 is 5.97 Å². The van der Waals surface area contributed by atoms with E-state index < -0.39 is 16.5 Å². The molecule has 1 N–H and O–H groups in total. The number of aromatic carboxylic acids is 1. The number of nitro groups is 1. The summed E-state index contributed by atoms with van der Waals surface area (Å²) in [5.41, 5.74) is -0.282. The first-order valence-corrected chi connectivity index (χ1v) is 6.64. The molecule has 1 unspecified atom stereocenters. The van der Waals surface area contributed by atoms with Crippen molar-refractivity contribution < 1.29 is 19.6 Å². The van der Waals surface area contributed by atoms with Crippen LogP contribution in [0.5, 0.6) is 0 Å². The quantitative estimate of drug-likeness (QED) is 0.679. The van der Waals surface area contributed by atoms with E-state index in [1.54, 1.807) is 0 Å². The lowest BCUT2D eigenvalue weighted by molar-refractivity contribution is -0.384. The molecular formula is C14H18N2O5. The minimum atomic E-state index is -1.18. The van der Waals surface area contributed by atoms with Gasteiger partial charge in [-0.3, -0.25) is 10.1 Å². The van der Waals surface area contributed by atoms with Crippen LogP contribution in [0.1, 0.15) is 31.1 Å². The fourth-order valence-electron chi connectivity index (χ4n) is 2.71. The van der Waals surface area contributed by atoms with Crippen LogP contribution in [0, 0.1) is 10.1 Å². The van der Waals surface area contributed by atoms with Crippen LogP contribution in [0.3, 0.4) is 0 Å². The summed E-state index contributed by atoms with van der Waals surface area (Å²) in [4.78, 5) is 23.5. The lowest BCUT2D eigenvalue weighted by atomic mass is 10.0. The third-order valence-electron chi connectivity index (χ3n) is 3.33. The first kappa shape index (κ1) is 15.2. The Morgan fingerprint density at radius 3 is 2.71 bits per heavy atom. The van der Waals surface area contributed by atoms with Crippen LogP contribution in [0.2, 0.25) is 0 Å². The number of carboxylic acid groups (broad SMARTS) is 1. The molecule has 0 aliphatic carbocycles. The number of nitrogens with zero attached hydrogens (tertiary/aromatic N) is 2. The predicted octanol–water partition coefficient (Wildman–Crippen LogP) is 2.30. The molecule has 1 aromatic carbocycles. The fraction of sp³-hybridized carbons (Fsp3) is 0.500. The number of benzene rings is 1. The Bertz CT molecular complexity index is 585. The van der Waals surface area contributed by atoms with Crippen LogP contribution in [-0.2, 0) is 4.74 Å². The van der Waals surface area contributed by atoms with Gasteiger partial charge in [-0.1, -0.05) is 0 Å². The van der Waals surface area contributed by atoms with Gasteiger partial charge in [-0.05, 0) is 32.9 Å². The highest BCUT2D eigenvalue weighted by Gasteiger charge is 2.34. The number of rotatable bonds is 3. The average molecular weight is 294 g/mol. The molecular weight excluding hydrogens is 276 g/mol. The number of hydrogen-bond donors (Lipinski definition) is 1. The highest BCUT2D eigenvalue weighted by Crippen LogP contribution is 2.33. The second-order valence-electron chi connectivity index (χ2n) is 5.83. The first-order chi connectivity index (χ1) is 9.69. The van der Waals surface area contributed by atoms with Gasteiger partial charge in [0.05, 0.1) is 22.2 Å². The number of morpholine rings is 1. The Balaban J connectivity index is 2.43. The van der Waals surface area contributed by atoms with Gasteiger partial charge in [0.25, 0.3) is 5.69 Å². The molecule has 0 radical (unpaired) electrons. The molecule has 0 saturated carbocycles.